The first-order valence-corrected chi connectivity index (χ1v) is 8.89. The van der Waals surface area contributed by atoms with Crippen molar-refractivity contribution in [1.82, 2.24) is 15.1 Å². The van der Waals surface area contributed by atoms with Gasteiger partial charge in [-0.25, -0.2) is 4.68 Å². The molecule has 26 heavy (non-hydrogen) atoms. The van der Waals surface area contributed by atoms with Crippen LogP contribution in [0.3, 0.4) is 0 Å². The summed E-state index contributed by atoms with van der Waals surface area (Å²) in [5.74, 6) is -0.270. The van der Waals surface area contributed by atoms with Crippen LogP contribution in [0.5, 0.6) is 0 Å². The molecule has 0 bridgehead atoms. The van der Waals surface area contributed by atoms with Crippen LogP contribution < -0.4 is 16.6 Å². The van der Waals surface area contributed by atoms with Gasteiger partial charge in [-0.05, 0) is 25.3 Å². The van der Waals surface area contributed by atoms with Crippen molar-refractivity contribution in [2.24, 2.45) is 11.7 Å². The smallest absolute Gasteiger partial charge is 0.266 e. The second kappa shape index (κ2) is 8.25. The van der Waals surface area contributed by atoms with Crippen LogP contribution in [-0.2, 0) is 11.3 Å². The Morgan fingerprint density at radius 2 is 2.00 bits per heavy atom. The highest BCUT2D eigenvalue weighted by molar-refractivity contribution is 5.78. The van der Waals surface area contributed by atoms with Crippen molar-refractivity contribution in [3.05, 3.63) is 52.8 Å². The lowest BCUT2D eigenvalue weighted by atomic mass is 9.84. The van der Waals surface area contributed by atoms with Gasteiger partial charge in [-0.15, -0.1) is 0 Å². The number of carbonyl (C=O) groups excluding carboxylic acids is 1. The lowest BCUT2D eigenvalue weighted by molar-refractivity contribution is -0.126. The van der Waals surface area contributed by atoms with Gasteiger partial charge >= 0.3 is 0 Å². The van der Waals surface area contributed by atoms with E-state index in [4.69, 9.17) is 5.73 Å². The van der Waals surface area contributed by atoms with E-state index in [1.54, 1.807) is 6.07 Å². The molecule has 0 aliphatic heterocycles. The van der Waals surface area contributed by atoms with Gasteiger partial charge in [-0.3, -0.25) is 9.59 Å². The van der Waals surface area contributed by atoms with E-state index in [-0.39, 0.29) is 23.4 Å². The topological polar surface area (TPSA) is 110 Å². The van der Waals surface area contributed by atoms with Crippen molar-refractivity contribution >= 4 is 5.91 Å². The number of hydrogen-bond acceptors (Lipinski definition) is 5. The first kappa shape index (κ1) is 18.3. The molecule has 1 aromatic heterocycles. The minimum absolute atomic E-state index is 0.0837. The van der Waals surface area contributed by atoms with Crippen molar-refractivity contribution in [3.63, 3.8) is 0 Å². The number of hydrogen-bond donors (Lipinski definition) is 3. The van der Waals surface area contributed by atoms with Crippen LogP contribution in [0.2, 0.25) is 0 Å². The lowest BCUT2D eigenvalue weighted by Gasteiger charge is -2.30. The van der Waals surface area contributed by atoms with Gasteiger partial charge in [0.2, 0.25) is 5.91 Å². The molecule has 1 aromatic carbocycles. The van der Waals surface area contributed by atoms with Crippen LogP contribution in [0, 0.1) is 5.92 Å². The summed E-state index contributed by atoms with van der Waals surface area (Å²) in [5.41, 5.74) is 7.27. The second-order valence-corrected chi connectivity index (χ2v) is 6.68. The molecule has 1 aliphatic carbocycles. The zero-order valence-corrected chi connectivity index (χ0v) is 14.5. The second-order valence-electron chi connectivity index (χ2n) is 6.68. The summed E-state index contributed by atoms with van der Waals surface area (Å²) in [7, 11) is 0. The SMILES string of the molecule is N[C@@H]1C[C@@H](C(=O)NCCn2nc(-c3ccccc3)ccc2=O)CC[C@H]1O. The molecule has 7 heteroatoms. The van der Waals surface area contributed by atoms with E-state index < -0.39 is 6.10 Å². The third-order valence-electron chi connectivity index (χ3n) is 4.79. The van der Waals surface area contributed by atoms with E-state index >= 15 is 0 Å². The van der Waals surface area contributed by atoms with E-state index in [1.807, 2.05) is 30.3 Å². The molecule has 7 nitrogen and oxygen atoms in total. The first-order chi connectivity index (χ1) is 12.5. The fourth-order valence-corrected chi connectivity index (χ4v) is 3.23. The first-order valence-electron chi connectivity index (χ1n) is 8.89. The van der Waals surface area contributed by atoms with Crippen LogP contribution >= 0.6 is 0 Å². The molecule has 0 saturated heterocycles. The Balaban J connectivity index is 1.58. The van der Waals surface area contributed by atoms with Crippen molar-refractivity contribution in [1.29, 1.82) is 0 Å². The van der Waals surface area contributed by atoms with Crippen LogP contribution in [-0.4, -0.2) is 39.5 Å². The molecule has 3 atom stereocenters. The van der Waals surface area contributed by atoms with Crippen molar-refractivity contribution in [2.75, 3.05) is 6.54 Å². The van der Waals surface area contributed by atoms with Gasteiger partial charge in [-0.1, -0.05) is 30.3 Å². The Labute approximate surface area is 151 Å². The molecule has 3 rings (SSSR count). The average molecular weight is 356 g/mol. The van der Waals surface area contributed by atoms with Gasteiger partial charge in [-0.2, -0.15) is 5.10 Å². The minimum atomic E-state index is -0.525. The van der Waals surface area contributed by atoms with E-state index in [0.717, 1.165) is 5.56 Å². The van der Waals surface area contributed by atoms with Crippen LogP contribution in [0.25, 0.3) is 11.3 Å². The standard InChI is InChI=1S/C19H24N4O3/c20-15-12-14(6-8-17(15)24)19(26)21-10-11-23-18(25)9-7-16(22-23)13-4-2-1-3-5-13/h1-5,7,9,14-15,17,24H,6,8,10-12,20H2,(H,21,26)/t14-,15+,17+/m0/s1. The summed E-state index contributed by atoms with van der Waals surface area (Å²) in [6.07, 6.45) is 1.12. The van der Waals surface area contributed by atoms with Crippen molar-refractivity contribution in [2.45, 2.75) is 38.0 Å². The molecule has 0 unspecified atom stereocenters. The molecular formula is C19H24N4O3. The number of aromatic nitrogens is 2. The van der Waals surface area contributed by atoms with E-state index in [9.17, 15) is 14.7 Å². The summed E-state index contributed by atoms with van der Waals surface area (Å²) in [6.45, 7) is 0.616. The number of nitrogens with two attached hydrogens (primary N) is 1. The van der Waals surface area contributed by atoms with Gasteiger partial charge in [0.1, 0.15) is 0 Å². The summed E-state index contributed by atoms with van der Waals surface area (Å²) < 4.78 is 1.36. The molecule has 138 valence electrons. The Morgan fingerprint density at radius 1 is 1.23 bits per heavy atom. The fraction of sp³-hybridized carbons (Fsp3) is 0.421. The van der Waals surface area contributed by atoms with Crippen LogP contribution in [0.15, 0.2) is 47.3 Å². The van der Waals surface area contributed by atoms with Crippen LogP contribution in [0.4, 0.5) is 0 Å². The maximum atomic E-state index is 12.3. The number of amides is 1. The third-order valence-corrected chi connectivity index (χ3v) is 4.79. The quantitative estimate of drug-likeness (QED) is 0.723. The molecule has 0 radical (unpaired) electrons. The Morgan fingerprint density at radius 3 is 2.73 bits per heavy atom. The Kier molecular flexibility index (Phi) is 5.80. The lowest BCUT2D eigenvalue weighted by Crippen LogP contribution is -2.45. The van der Waals surface area contributed by atoms with Crippen LogP contribution in [0.1, 0.15) is 19.3 Å². The largest absolute Gasteiger partial charge is 0.392 e. The maximum Gasteiger partial charge on any atom is 0.266 e. The highest BCUT2D eigenvalue weighted by Crippen LogP contribution is 2.23. The normalized spacial score (nSPS) is 22.8. The number of aliphatic hydroxyl groups is 1. The predicted molar refractivity (Wildman–Crippen MR) is 98.3 cm³/mol. The Hall–Kier alpha value is -2.51. The van der Waals surface area contributed by atoms with Crippen molar-refractivity contribution in [3.8, 4) is 11.3 Å². The zero-order valence-electron chi connectivity index (χ0n) is 14.5. The fourth-order valence-electron chi connectivity index (χ4n) is 3.23. The van der Waals surface area contributed by atoms with Gasteiger partial charge in [0, 0.05) is 30.1 Å². The molecule has 1 heterocycles. The van der Waals surface area contributed by atoms with Crippen molar-refractivity contribution < 1.29 is 9.90 Å². The van der Waals surface area contributed by atoms with Gasteiger partial charge in [0.05, 0.1) is 18.3 Å². The highest BCUT2D eigenvalue weighted by Gasteiger charge is 2.30. The van der Waals surface area contributed by atoms with Gasteiger partial charge < -0.3 is 16.2 Å². The number of rotatable bonds is 5. The summed E-state index contributed by atoms with van der Waals surface area (Å²) in [6, 6.07) is 12.4. The summed E-state index contributed by atoms with van der Waals surface area (Å²) in [5, 5.41) is 16.9. The molecule has 1 aliphatic rings. The molecule has 1 fully saturated rings. The summed E-state index contributed by atoms with van der Waals surface area (Å²) >= 11 is 0. The maximum absolute atomic E-state index is 12.3. The molecule has 1 amide bonds. The molecule has 1 saturated carbocycles. The molecule has 4 N–H and O–H groups in total. The molecule has 2 aromatic rings. The Bertz CT molecular complexity index is 806. The zero-order chi connectivity index (χ0) is 18.5. The van der Waals surface area contributed by atoms with E-state index in [1.165, 1.54) is 10.7 Å². The number of aliphatic hydroxyl groups excluding tert-OH is 1. The monoisotopic (exact) mass is 356 g/mol. The number of nitrogens with zero attached hydrogens (tertiary/aromatic N) is 2. The number of carbonyl (C=O) groups is 1. The molecule has 0 spiro atoms. The highest BCUT2D eigenvalue weighted by atomic mass is 16.3. The predicted octanol–water partition coefficient (Wildman–Crippen LogP) is 0.515. The molecular weight excluding hydrogens is 332 g/mol. The van der Waals surface area contributed by atoms with E-state index in [2.05, 4.69) is 10.4 Å². The van der Waals surface area contributed by atoms with Gasteiger partial charge in [0.15, 0.2) is 0 Å². The number of nitrogens with one attached hydrogen (secondary N) is 1. The summed E-state index contributed by atoms with van der Waals surface area (Å²) in [4.78, 5) is 24.3. The number of benzene rings is 1. The minimum Gasteiger partial charge on any atom is -0.392 e. The van der Waals surface area contributed by atoms with Gasteiger partial charge in [0.25, 0.3) is 5.56 Å². The third kappa shape index (κ3) is 4.36. The van der Waals surface area contributed by atoms with E-state index in [0.29, 0.717) is 38.0 Å². The average Bonchev–Trinajstić information content (AvgIpc) is 2.66.